The summed E-state index contributed by atoms with van der Waals surface area (Å²) in [4.78, 5) is 21.5. The van der Waals surface area contributed by atoms with E-state index < -0.39 is 5.97 Å². The van der Waals surface area contributed by atoms with Crippen LogP contribution >= 0.6 is 0 Å². The molecule has 17 heavy (non-hydrogen) atoms. The molecule has 0 aromatic heterocycles. The highest BCUT2D eigenvalue weighted by Crippen LogP contribution is 2.26. The number of aliphatic carboxylic acids is 1. The lowest BCUT2D eigenvalue weighted by Gasteiger charge is -2.11. The van der Waals surface area contributed by atoms with Gasteiger partial charge in [-0.1, -0.05) is 19.1 Å². The van der Waals surface area contributed by atoms with E-state index in [0.29, 0.717) is 16.9 Å². The van der Waals surface area contributed by atoms with E-state index in [1.54, 1.807) is 31.2 Å². The molecule has 0 spiro atoms. The number of rotatable bonds is 5. The van der Waals surface area contributed by atoms with Crippen LogP contribution in [-0.2, 0) is 9.59 Å². The fraction of sp³-hybridized carbons (Fsp3) is 0.308. The second-order valence-electron chi connectivity index (χ2n) is 3.75. The van der Waals surface area contributed by atoms with Gasteiger partial charge in [0.05, 0.1) is 13.5 Å². The number of methoxy groups -OCH3 is 1. The van der Waals surface area contributed by atoms with E-state index in [1.165, 1.54) is 7.11 Å². The van der Waals surface area contributed by atoms with Crippen molar-refractivity contribution in [3.63, 3.8) is 0 Å². The van der Waals surface area contributed by atoms with E-state index in [-0.39, 0.29) is 12.3 Å². The van der Waals surface area contributed by atoms with Crippen molar-refractivity contribution in [2.24, 2.45) is 5.92 Å². The lowest BCUT2D eigenvalue weighted by Crippen LogP contribution is -2.07. The van der Waals surface area contributed by atoms with Gasteiger partial charge in [-0.3, -0.25) is 4.79 Å². The van der Waals surface area contributed by atoms with Crippen molar-refractivity contribution in [2.75, 3.05) is 7.11 Å². The average molecular weight is 234 g/mol. The zero-order valence-corrected chi connectivity index (χ0v) is 9.77. The molecule has 90 valence electrons. The molecule has 1 rings (SSSR count). The van der Waals surface area contributed by atoms with Crippen LogP contribution in [0.3, 0.4) is 0 Å². The molecule has 0 aliphatic heterocycles. The standard InChI is InChI=1S/C13H14O4/c1-9(6-13(15)16)12(8-14)10-4-3-5-11(7-10)17-2/h3-5,7,9H,6H2,1-2H3,(H,15,16)/t9-/m1/s1. The predicted molar refractivity (Wildman–Crippen MR) is 63.5 cm³/mol. The first-order valence-corrected chi connectivity index (χ1v) is 5.19. The molecule has 0 amide bonds. The van der Waals surface area contributed by atoms with Gasteiger partial charge < -0.3 is 9.84 Å². The summed E-state index contributed by atoms with van der Waals surface area (Å²) >= 11 is 0. The molecule has 4 nitrogen and oxygen atoms in total. The van der Waals surface area contributed by atoms with E-state index in [2.05, 4.69) is 0 Å². The van der Waals surface area contributed by atoms with E-state index in [1.807, 2.05) is 5.94 Å². The molecule has 0 unspecified atom stereocenters. The van der Waals surface area contributed by atoms with Gasteiger partial charge in [0.1, 0.15) is 11.7 Å². The fourth-order valence-electron chi connectivity index (χ4n) is 1.60. The Balaban J connectivity index is 3.02. The maximum Gasteiger partial charge on any atom is 0.303 e. The van der Waals surface area contributed by atoms with E-state index in [9.17, 15) is 9.59 Å². The highest BCUT2D eigenvalue weighted by molar-refractivity contribution is 5.90. The van der Waals surface area contributed by atoms with Crippen LogP contribution in [0.1, 0.15) is 18.9 Å². The fourth-order valence-corrected chi connectivity index (χ4v) is 1.60. The molecule has 1 atom stereocenters. The summed E-state index contributed by atoms with van der Waals surface area (Å²) in [7, 11) is 1.53. The van der Waals surface area contributed by atoms with Crippen molar-refractivity contribution in [1.29, 1.82) is 0 Å². The minimum Gasteiger partial charge on any atom is -0.497 e. The van der Waals surface area contributed by atoms with Crippen LogP contribution in [0.15, 0.2) is 24.3 Å². The van der Waals surface area contributed by atoms with E-state index in [0.717, 1.165) is 0 Å². The van der Waals surface area contributed by atoms with Gasteiger partial charge in [0.2, 0.25) is 0 Å². The average Bonchev–Trinajstić information content (AvgIpc) is 2.29. The zero-order valence-electron chi connectivity index (χ0n) is 9.77. The Morgan fingerprint density at radius 2 is 2.24 bits per heavy atom. The van der Waals surface area contributed by atoms with Gasteiger partial charge in [-0.15, -0.1) is 0 Å². The molecule has 0 fully saturated rings. The van der Waals surface area contributed by atoms with Gasteiger partial charge in [0.25, 0.3) is 0 Å². The summed E-state index contributed by atoms with van der Waals surface area (Å²) in [5.41, 5.74) is 0.999. The number of carbonyl (C=O) groups is 1. The third kappa shape index (κ3) is 3.47. The molecule has 0 bridgehead atoms. The highest BCUT2D eigenvalue weighted by atomic mass is 16.5. The van der Waals surface area contributed by atoms with E-state index >= 15 is 0 Å². The van der Waals surface area contributed by atoms with Crippen molar-refractivity contribution >= 4 is 17.5 Å². The number of hydrogen-bond donors (Lipinski definition) is 1. The number of hydrogen-bond acceptors (Lipinski definition) is 3. The molecular weight excluding hydrogens is 220 g/mol. The Labute approximate surface area is 99.5 Å². The molecule has 0 heterocycles. The smallest absolute Gasteiger partial charge is 0.303 e. The Hall–Kier alpha value is -2.06. The van der Waals surface area contributed by atoms with Crippen LogP contribution in [0.4, 0.5) is 0 Å². The summed E-state index contributed by atoms with van der Waals surface area (Å²) in [5, 5.41) is 8.71. The normalized spacial score (nSPS) is 11.4. The van der Waals surface area contributed by atoms with Crippen LogP contribution in [0.2, 0.25) is 0 Å². The number of benzene rings is 1. The van der Waals surface area contributed by atoms with Crippen LogP contribution < -0.4 is 4.74 Å². The van der Waals surface area contributed by atoms with Gasteiger partial charge in [-0.25, -0.2) is 4.79 Å². The molecule has 0 radical (unpaired) electrons. The van der Waals surface area contributed by atoms with Gasteiger partial charge in [-0.05, 0) is 17.7 Å². The van der Waals surface area contributed by atoms with Crippen molar-refractivity contribution in [3.05, 3.63) is 29.8 Å². The summed E-state index contributed by atoms with van der Waals surface area (Å²) in [6.07, 6.45) is -0.0955. The largest absolute Gasteiger partial charge is 0.497 e. The quantitative estimate of drug-likeness (QED) is 0.792. The van der Waals surface area contributed by atoms with E-state index in [4.69, 9.17) is 9.84 Å². The maximum atomic E-state index is 10.9. The topological polar surface area (TPSA) is 63.6 Å². The van der Waals surface area contributed by atoms with Crippen LogP contribution in [-0.4, -0.2) is 24.1 Å². The van der Waals surface area contributed by atoms with Crippen molar-refractivity contribution in [2.45, 2.75) is 13.3 Å². The lowest BCUT2D eigenvalue weighted by molar-refractivity contribution is -0.137. The first-order valence-electron chi connectivity index (χ1n) is 5.19. The number of carboxylic acids is 1. The predicted octanol–water partition coefficient (Wildman–Crippen LogP) is 2.02. The van der Waals surface area contributed by atoms with Gasteiger partial charge >= 0.3 is 5.97 Å². The van der Waals surface area contributed by atoms with Gasteiger partial charge in [0, 0.05) is 11.5 Å². The Kier molecular flexibility index (Phi) is 4.49. The maximum absolute atomic E-state index is 10.9. The number of carbonyl (C=O) groups excluding carboxylic acids is 1. The Morgan fingerprint density at radius 3 is 2.76 bits per heavy atom. The van der Waals surface area contributed by atoms with Crippen LogP contribution in [0.5, 0.6) is 5.75 Å². The molecule has 1 N–H and O–H groups in total. The summed E-state index contributed by atoms with van der Waals surface area (Å²) < 4.78 is 5.05. The molecular formula is C13H14O4. The van der Waals surface area contributed by atoms with Gasteiger partial charge in [-0.2, -0.15) is 0 Å². The van der Waals surface area contributed by atoms with Crippen LogP contribution in [0.25, 0.3) is 5.57 Å². The Bertz CT molecular complexity index is 458. The summed E-state index contributed by atoms with van der Waals surface area (Å²) in [6.45, 7) is 1.69. The number of ether oxygens (including phenoxy) is 1. The summed E-state index contributed by atoms with van der Waals surface area (Å²) in [6, 6.07) is 6.94. The second kappa shape index (κ2) is 5.87. The van der Waals surface area contributed by atoms with Crippen molar-refractivity contribution < 1.29 is 19.4 Å². The van der Waals surface area contributed by atoms with Crippen molar-refractivity contribution in [1.82, 2.24) is 0 Å². The van der Waals surface area contributed by atoms with Gasteiger partial charge in [0.15, 0.2) is 0 Å². The lowest BCUT2D eigenvalue weighted by atomic mass is 9.92. The SMILES string of the molecule is COc1cccc(C(=C=O)[C@H](C)CC(=O)O)c1. The molecule has 1 aromatic carbocycles. The zero-order chi connectivity index (χ0) is 12.8. The monoisotopic (exact) mass is 234 g/mol. The first-order chi connectivity index (χ1) is 8.08. The highest BCUT2D eigenvalue weighted by Gasteiger charge is 2.16. The molecule has 4 heteroatoms. The Morgan fingerprint density at radius 1 is 1.53 bits per heavy atom. The first kappa shape index (κ1) is 13.0. The summed E-state index contributed by atoms with van der Waals surface area (Å²) in [5.74, 6) is 1.13. The number of carboxylic acid groups (broad SMARTS) is 1. The van der Waals surface area contributed by atoms with Crippen molar-refractivity contribution in [3.8, 4) is 5.75 Å². The minimum atomic E-state index is -0.937. The minimum absolute atomic E-state index is 0.0955. The third-order valence-electron chi connectivity index (χ3n) is 2.46. The third-order valence-corrected chi connectivity index (χ3v) is 2.46. The van der Waals surface area contributed by atoms with Crippen LogP contribution in [0, 0.1) is 5.92 Å². The second-order valence-corrected chi connectivity index (χ2v) is 3.75. The number of allylic oxidation sites excluding steroid dienone is 1. The molecule has 0 aliphatic rings. The molecule has 1 aromatic rings. The molecule has 0 aliphatic carbocycles. The molecule has 0 saturated heterocycles. The molecule has 0 saturated carbocycles.